The summed E-state index contributed by atoms with van der Waals surface area (Å²) in [5.74, 6) is -0.0384. The summed E-state index contributed by atoms with van der Waals surface area (Å²) in [6.45, 7) is 3.86. The first-order valence-electron chi connectivity index (χ1n) is 5.44. The SMILES string of the molecule is Cc1ccc(NC(=O)[C@@H]2COCCN2)cc1. The highest BCUT2D eigenvalue weighted by molar-refractivity contribution is 5.95. The molecule has 1 aromatic rings. The molecule has 16 heavy (non-hydrogen) atoms. The minimum absolute atomic E-state index is 0.0384. The van der Waals surface area contributed by atoms with Crippen molar-refractivity contribution in [2.75, 3.05) is 25.1 Å². The average Bonchev–Trinajstić information content (AvgIpc) is 2.33. The van der Waals surface area contributed by atoms with Gasteiger partial charge in [0, 0.05) is 12.2 Å². The Kier molecular flexibility index (Phi) is 3.54. The maximum Gasteiger partial charge on any atom is 0.243 e. The van der Waals surface area contributed by atoms with Gasteiger partial charge in [0.2, 0.25) is 5.91 Å². The van der Waals surface area contributed by atoms with Gasteiger partial charge < -0.3 is 15.4 Å². The van der Waals surface area contributed by atoms with Crippen molar-refractivity contribution in [1.82, 2.24) is 5.32 Å². The maximum atomic E-state index is 11.8. The van der Waals surface area contributed by atoms with Crippen molar-refractivity contribution in [2.24, 2.45) is 0 Å². The first-order valence-corrected chi connectivity index (χ1v) is 5.44. The van der Waals surface area contributed by atoms with Crippen LogP contribution in [-0.2, 0) is 9.53 Å². The number of hydrogen-bond donors (Lipinski definition) is 2. The molecule has 1 aromatic carbocycles. The summed E-state index contributed by atoms with van der Waals surface area (Å²) in [6, 6.07) is 7.50. The number of ether oxygens (including phenoxy) is 1. The topological polar surface area (TPSA) is 50.4 Å². The number of carbonyl (C=O) groups is 1. The normalized spacial score (nSPS) is 20.4. The lowest BCUT2D eigenvalue weighted by atomic mass is 10.2. The molecule has 4 nitrogen and oxygen atoms in total. The molecule has 0 unspecified atom stereocenters. The molecule has 0 saturated carbocycles. The molecule has 0 aliphatic carbocycles. The van der Waals surface area contributed by atoms with Crippen LogP contribution in [0.15, 0.2) is 24.3 Å². The van der Waals surface area contributed by atoms with E-state index in [9.17, 15) is 4.79 Å². The minimum Gasteiger partial charge on any atom is -0.378 e. The van der Waals surface area contributed by atoms with E-state index in [2.05, 4.69) is 10.6 Å². The first kappa shape index (κ1) is 11.1. The van der Waals surface area contributed by atoms with Gasteiger partial charge in [0.1, 0.15) is 6.04 Å². The summed E-state index contributed by atoms with van der Waals surface area (Å²) in [5, 5.41) is 5.97. The van der Waals surface area contributed by atoms with E-state index < -0.39 is 0 Å². The number of rotatable bonds is 2. The smallest absolute Gasteiger partial charge is 0.243 e. The monoisotopic (exact) mass is 220 g/mol. The van der Waals surface area contributed by atoms with Crippen molar-refractivity contribution in [3.8, 4) is 0 Å². The van der Waals surface area contributed by atoms with Gasteiger partial charge in [-0.1, -0.05) is 17.7 Å². The van der Waals surface area contributed by atoms with Gasteiger partial charge in [0.05, 0.1) is 13.2 Å². The zero-order valence-corrected chi connectivity index (χ0v) is 9.32. The van der Waals surface area contributed by atoms with Gasteiger partial charge in [0.25, 0.3) is 0 Å². The third-order valence-electron chi connectivity index (χ3n) is 2.56. The lowest BCUT2D eigenvalue weighted by Gasteiger charge is -2.22. The summed E-state index contributed by atoms with van der Waals surface area (Å²) in [6.07, 6.45) is 0. The molecule has 2 N–H and O–H groups in total. The summed E-state index contributed by atoms with van der Waals surface area (Å²) in [4.78, 5) is 11.8. The number of anilines is 1. The van der Waals surface area contributed by atoms with E-state index in [1.54, 1.807) is 0 Å². The van der Waals surface area contributed by atoms with Crippen LogP contribution in [0.2, 0.25) is 0 Å². The molecule has 1 aliphatic rings. The Bertz CT molecular complexity index is 356. The Hall–Kier alpha value is -1.39. The number of morpholine rings is 1. The van der Waals surface area contributed by atoms with Gasteiger partial charge in [-0.15, -0.1) is 0 Å². The molecule has 1 aliphatic heterocycles. The average molecular weight is 220 g/mol. The van der Waals surface area contributed by atoms with Crippen LogP contribution in [0.25, 0.3) is 0 Å². The van der Waals surface area contributed by atoms with Crippen LogP contribution in [0.5, 0.6) is 0 Å². The van der Waals surface area contributed by atoms with Crippen molar-refractivity contribution >= 4 is 11.6 Å². The number of hydrogen-bond acceptors (Lipinski definition) is 3. The van der Waals surface area contributed by atoms with Crippen LogP contribution in [-0.4, -0.2) is 31.7 Å². The molecule has 86 valence electrons. The fourth-order valence-corrected chi connectivity index (χ4v) is 1.60. The van der Waals surface area contributed by atoms with Gasteiger partial charge in [0.15, 0.2) is 0 Å². The van der Waals surface area contributed by atoms with E-state index in [0.29, 0.717) is 13.2 Å². The van der Waals surface area contributed by atoms with Crippen molar-refractivity contribution < 1.29 is 9.53 Å². The third kappa shape index (κ3) is 2.81. The molecule has 2 rings (SSSR count). The van der Waals surface area contributed by atoms with Crippen LogP contribution in [0.3, 0.4) is 0 Å². The van der Waals surface area contributed by atoms with Gasteiger partial charge in [-0.05, 0) is 19.1 Å². The molecule has 1 atom stereocenters. The Morgan fingerprint density at radius 2 is 2.19 bits per heavy atom. The third-order valence-corrected chi connectivity index (χ3v) is 2.56. The van der Waals surface area contributed by atoms with Crippen LogP contribution >= 0.6 is 0 Å². The summed E-state index contributed by atoms with van der Waals surface area (Å²) < 4.78 is 5.24. The lowest BCUT2D eigenvalue weighted by Crippen LogP contribution is -2.48. The maximum absolute atomic E-state index is 11.8. The molecule has 1 fully saturated rings. The predicted molar refractivity (Wildman–Crippen MR) is 62.4 cm³/mol. The summed E-state index contributed by atoms with van der Waals surface area (Å²) in [5.41, 5.74) is 2.00. The van der Waals surface area contributed by atoms with Gasteiger partial charge in [-0.2, -0.15) is 0 Å². The van der Waals surface area contributed by atoms with E-state index in [1.807, 2.05) is 31.2 Å². The van der Waals surface area contributed by atoms with Gasteiger partial charge >= 0.3 is 0 Å². The molecule has 1 heterocycles. The van der Waals surface area contributed by atoms with E-state index in [0.717, 1.165) is 12.2 Å². The molecule has 1 saturated heterocycles. The number of nitrogens with one attached hydrogen (secondary N) is 2. The van der Waals surface area contributed by atoms with Crippen molar-refractivity contribution in [2.45, 2.75) is 13.0 Å². The standard InChI is InChI=1S/C12H16N2O2/c1-9-2-4-10(5-3-9)14-12(15)11-8-16-7-6-13-11/h2-5,11,13H,6-8H2,1H3,(H,14,15)/t11-/m0/s1. The minimum atomic E-state index is -0.241. The second-order valence-corrected chi connectivity index (χ2v) is 3.94. The largest absolute Gasteiger partial charge is 0.378 e. The molecular formula is C12H16N2O2. The van der Waals surface area contributed by atoms with Crippen LogP contribution < -0.4 is 10.6 Å². The van der Waals surface area contributed by atoms with Crippen LogP contribution in [0.4, 0.5) is 5.69 Å². The summed E-state index contributed by atoms with van der Waals surface area (Å²) in [7, 11) is 0. The van der Waals surface area contributed by atoms with Gasteiger partial charge in [-0.3, -0.25) is 4.79 Å². The molecule has 4 heteroatoms. The number of amides is 1. The second kappa shape index (κ2) is 5.09. The lowest BCUT2D eigenvalue weighted by molar-refractivity contribution is -0.120. The van der Waals surface area contributed by atoms with E-state index in [4.69, 9.17) is 4.74 Å². The highest BCUT2D eigenvalue weighted by Gasteiger charge is 2.20. The summed E-state index contributed by atoms with van der Waals surface area (Å²) >= 11 is 0. The number of carbonyl (C=O) groups excluding carboxylic acids is 1. The van der Waals surface area contributed by atoms with Crippen molar-refractivity contribution in [3.05, 3.63) is 29.8 Å². The zero-order chi connectivity index (χ0) is 11.4. The fourth-order valence-electron chi connectivity index (χ4n) is 1.60. The Balaban J connectivity index is 1.93. The highest BCUT2D eigenvalue weighted by atomic mass is 16.5. The highest BCUT2D eigenvalue weighted by Crippen LogP contribution is 2.09. The molecule has 1 amide bonds. The Labute approximate surface area is 95.0 Å². The molecule has 0 bridgehead atoms. The van der Waals surface area contributed by atoms with E-state index >= 15 is 0 Å². The first-order chi connectivity index (χ1) is 7.75. The van der Waals surface area contributed by atoms with Gasteiger partial charge in [-0.25, -0.2) is 0 Å². The molecule has 0 spiro atoms. The van der Waals surface area contributed by atoms with E-state index in [1.165, 1.54) is 5.56 Å². The fraction of sp³-hybridized carbons (Fsp3) is 0.417. The van der Waals surface area contributed by atoms with Crippen LogP contribution in [0, 0.1) is 6.92 Å². The zero-order valence-electron chi connectivity index (χ0n) is 9.32. The number of benzene rings is 1. The van der Waals surface area contributed by atoms with Crippen molar-refractivity contribution in [1.29, 1.82) is 0 Å². The van der Waals surface area contributed by atoms with Crippen molar-refractivity contribution in [3.63, 3.8) is 0 Å². The van der Waals surface area contributed by atoms with E-state index in [-0.39, 0.29) is 11.9 Å². The number of aryl methyl sites for hydroxylation is 1. The van der Waals surface area contributed by atoms with Crippen LogP contribution in [0.1, 0.15) is 5.56 Å². The Morgan fingerprint density at radius 3 is 2.81 bits per heavy atom. The molecular weight excluding hydrogens is 204 g/mol. The quantitative estimate of drug-likeness (QED) is 0.779. The second-order valence-electron chi connectivity index (χ2n) is 3.94. The molecule has 0 aromatic heterocycles. The Morgan fingerprint density at radius 1 is 1.44 bits per heavy atom. The molecule has 0 radical (unpaired) electrons. The predicted octanol–water partition coefficient (Wildman–Crippen LogP) is 0.922.